The van der Waals surface area contributed by atoms with E-state index in [4.69, 9.17) is 15.6 Å². The number of carbonyl (C=O) groups is 2. The first-order valence-electron chi connectivity index (χ1n) is 10.0. The molecule has 0 aliphatic heterocycles. The largest absolute Gasteiger partial charge is 0.480 e. The molecular weight excluding hydrogens is 330 g/mol. The van der Waals surface area contributed by atoms with Crippen molar-refractivity contribution in [2.75, 3.05) is 6.61 Å². The van der Waals surface area contributed by atoms with Crippen LogP contribution in [-0.2, 0) is 14.3 Å². The summed E-state index contributed by atoms with van der Waals surface area (Å²) in [4.78, 5) is 21.9. The van der Waals surface area contributed by atoms with E-state index in [0.29, 0.717) is 6.42 Å². The normalized spacial score (nSPS) is 12.7. The third-order valence-corrected chi connectivity index (χ3v) is 4.07. The fourth-order valence-corrected chi connectivity index (χ4v) is 2.41. The first-order chi connectivity index (χ1) is 12.6. The van der Waals surface area contributed by atoms with Crippen molar-refractivity contribution in [3.63, 3.8) is 0 Å². The van der Waals surface area contributed by atoms with Crippen molar-refractivity contribution in [2.24, 2.45) is 5.73 Å². The molecule has 0 saturated heterocycles. The third-order valence-electron chi connectivity index (χ3n) is 4.07. The van der Waals surface area contributed by atoms with Gasteiger partial charge in [0.2, 0.25) is 0 Å². The van der Waals surface area contributed by atoms with E-state index in [-0.39, 0.29) is 12.6 Å². The Hall–Kier alpha value is -1.62. The van der Waals surface area contributed by atoms with Crippen LogP contribution in [0.5, 0.6) is 0 Å². The number of nitrogens with two attached hydrogens (primary N) is 1. The maximum absolute atomic E-state index is 11.4. The van der Waals surface area contributed by atoms with Crippen LogP contribution in [-0.4, -0.2) is 29.7 Å². The van der Waals surface area contributed by atoms with Gasteiger partial charge in [0.1, 0.15) is 12.6 Å². The molecule has 150 valence electrons. The van der Waals surface area contributed by atoms with Gasteiger partial charge >= 0.3 is 11.9 Å². The Bertz CT molecular complexity index is 418. The summed E-state index contributed by atoms with van der Waals surface area (Å²) in [5.74, 6) is -1.53. The van der Waals surface area contributed by atoms with Crippen molar-refractivity contribution in [1.29, 1.82) is 0 Å². The van der Waals surface area contributed by atoms with Gasteiger partial charge in [-0.2, -0.15) is 0 Å². The van der Waals surface area contributed by atoms with Crippen LogP contribution in [0, 0.1) is 0 Å². The molecule has 26 heavy (non-hydrogen) atoms. The lowest BCUT2D eigenvalue weighted by atomic mass is 10.1. The standard InChI is InChI=1S/C21H37NO4/c1-2-3-4-5-6-7-8-9-10-11-12-13-14-15-16-17-20(23)26-18-19(22)21(24)25/h6-7,9-10,19H,2-5,8,11-18,22H2,1H3,(H,24,25)/t19-/m0/s1. The Morgan fingerprint density at radius 1 is 0.923 bits per heavy atom. The van der Waals surface area contributed by atoms with Gasteiger partial charge in [-0.05, 0) is 38.5 Å². The van der Waals surface area contributed by atoms with Gasteiger partial charge in [-0.15, -0.1) is 0 Å². The summed E-state index contributed by atoms with van der Waals surface area (Å²) in [7, 11) is 0. The summed E-state index contributed by atoms with van der Waals surface area (Å²) in [6.45, 7) is 1.97. The first-order valence-corrected chi connectivity index (χ1v) is 10.0. The van der Waals surface area contributed by atoms with Gasteiger partial charge in [0.25, 0.3) is 0 Å². The molecule has 0 aliphatic rings. The summed E-state index contributed by atoms with van der Waals surface area (Å²) in [5.41, 5.74) is 5.26. The summed E-state index contributed by atoms with van der Waals surface area (Å²) in [6, 6.07) is -1.14. The van der Waals surface area contributed by atoms with Crippen LogP contribution in [0.2, 0.25) is 0 Å². The topological polar surface area (TPSA) is 89.6 Å². The van der Waals surface area contributed by atoms with Gasteiger partial charge in [0.05, 0.1) is 0 Å². The Kier molecular flexibility index (Phi) is 17.0. The number of carboxylic acids is 1. The van der Waals surface area contributed by atoms with Crippen LogP contribution in [0.3, 0.4) is 0 Å². The van der Waals surface area contributed by atoms with Crippen molar-refractivity contribution in [3.05, 3.63) is 24.3 Å². The Labute approximate surface area is 158 Å². The molecule has 0 rings (SSSR count). The minimum Gasteiger partial charge on any atom is -0.480 e. The molecule has 0 unspecified atom stereocenters. The highest BCUT2D eigenvalue weighted by Crippen LogP contribution is 2.08. The van der Waals surface area contributed by atoms with Crippen LogP contribution in [0.25, 0.3) is 0 Å². The van der Waals surface area contributed by atoms with Gasteiger partial charge < -0.3 is 15.6 Å². The molecular formula is C21H37NO4. The number of carbonyl (C=O) groups excluding carboxylic acids is 1. The highest BCUT2D eigenvalue weighted by atomic mass is 16.5. The van der Waals surface area contributed by atoms with E-state index in [0.717, 1.165) is 38.5 Å². The zero-order chi connectivity index (χ0) is 19.5. The first kappa shape index (κ1) is 24.4. The second-order valence-corrected chi connectivity index (χ2v) is 6.61. The lowest BCUT2D eigenvalue weighted by molar-refractivity contribution is -0.147. The van der Waals surface area contributed by atoms with Gasteiger partial charge in [0.15, 0.2) is 0 Å². The molecule has 1 atom stereocenters. The molecule has 0 aromatic rings. The quantitative estimate of drug-likeness (QED) is 0.220. The number of esters is 1. The van der Waals surface area contributed by atoms with Crippen LogP contribution >= 0.6 is 0 Å². The number of ether oxygens (including phenoxy) is 1. The van der Waals surface area contributed by atoms with Crippen LogP contribution in [0.15, 0.2) is 24.3 Å². The Balaban J connectivity index is 3.36. The molecule has 0 saturated carbocycles. The average molecular weight is 368 g/mol. The van der Waals surface area contributed by atoms with Crippen molar-refractivity contribution < 1.29 is 19.4 Å². The zero-order valence-electron chi connectivity index (χ0n) is 16.3. The van der Waals surface area contributed by atoms with Crippen molar-refractivity contribution >= 4 is 11.9 Å². The van der Waals surface area contributed by atoms with Crippen LogP contribution < -0.4 is 5.73 Å². The molecule has 0 fully saturated rings. The molecule has 3 N–H and O–H groups in total. The molecule has 0 amide bonds. The fourth-order valence-electron chi connectivity index (χ4n) is 2.41. The van der Waals surface area contributed by atoms with Gasteiger partial charge in [-0.3, -0.25) is 9.59 Å². The molecule has 5 nitrogen and oxygen atoms in total. The lowest BCUT2D eigenvalue weighted by Gasteiger charge is -2.07. The van der Waals surface area contributed by atoms with E-state index in [1.54, 1.807) is 0 Å². The third kappa shape index (κ3) is 17.2. The number of carboxylic acid groups (broad SMARTS) is 1. The van der Waals surface area contributed by atoms with Gasteiger partial charge in [-0.25, -0.2) is 0 Å². The van der Waals surface area contributed by atoms with E-state index < -0.39 is 12.0 Å². The van der Waals surface area contributed by atoms with Gasteiger partial charge in [-0.1, -0.05) is 63.3 Å². The molecule has 0 aromatic carbocycles. The van der Waals surface area contributed by atoms with Crippen molar-refractivity contribution in [3.8, 4) is 0 Å². The molecule has 0 aliphatic carbocycles. The minimum absolute atomic E-state index is 0.256. The summed E-state index contributed by atoms with van der Waals surface area (Å²) < 4.78 is 4.82. The SMILES string of the molecule is CCCCCC=CCC=CCCCCCCCC(=O)OC[C@H](N)C(=O)O. The Morgan fingerprint density at radius 2 is 1.50 bits per heavy atom. The second-order valence-electron chi connectivity index (χ2n) is 6.61. The molecule has 0 bridgehead atoms. The molecule has 0 heterocycles. The average Bonchev–Trinajstić information content (AvgIpc) is 2.62. The Morgan fingerprint density at radius 3 is 2.12 bits per heavy atom. The number of rotatable bonds is 17. The van der Waals surface area contributed by atoms with Crippen LogP contribution in [0.4, 0.5) is 0 Å². The fraction of sp³-hybridized carbons (Fsp3) is 0.714. The monoisotopic (exact) mass is 367 g/mol. The maximum Gasteiger partial charge on any atom is 0.324 e. The predicted octanol–water partition coefficient (Wildman–Crippen LogP) is 4.76. The molecule has 0 radical (unpaired) electrons. The van der Waals surface area contributed by atoms with Crippen molar-refractivity contribution in [1.82, 2.24) is 0 Å². The van der Waals surface area contributed by atoms with E-state index in [1.165, 1.54) is 32.1 Å². The number of unbranched alkanes of at least 4 members (excludes halogenated alkanes) is 8. The summed E-state index contributed by atoms with van der Waals surface area (Å²) in [6.07, 6.45) is 21.8. The summed E-state index contributed by atoms with van der Waals surface area (Å²) in [5, 5.41) is 8.59. The maximum atomic E-state index is 11.4. The number of allylic oxidation sites excluding steroid dienone is 4. The van der Waals surface area contributed by atoms with E-state index >= 15 is 0 Å². The van der Waals surface area contributed by atoms with E-state index in [1.807, 2.05) is 0 Å². The van der Waals surface area contributed by atoms with E-state index in [9.17, 15) is 9.59 Å². The molecule has 0 spiro atoms. The highest BCUT2D eigenvalue weighted by Gasteiger charge is 2.13. The lowest BCUT2D eigenvalue weighted by Crippen LogP contribution is -2.35. The van der Waals surface area contributed by atoms with Crippen LogP contribution in [0.1, 0.15) is 84.0 Å². The molecule has 5 heteroatoms. The smallest absolute Gasteiger partial charge is 0.324 e. The second kappa shape index (κ2) is 18.2. The minimum atomic E-state index is -1.16. The number of hydrogen-bond donors (Lipinski definition) is 2. The number of hydrogen-bond acceptors (Lipinski definition) is 4. The number of aliphatic carboxylic acids is 1. The predicted molar refractivity (Wildman–Crippen MR) is 106 cm³/mol. The zero-order valence-corrected chi connectivity index (χ0v) is 16.3. The summed E-state index contributed by atoms with van der Waals surface area (Å²) >= 11 is 0. The van der Waals surface area contributed by atoms with Crippen molar-refractivity contribution in [2.45, 2.75) is 90.0 Å². The highest BCUT2D eigenvalue weighted by molar-refractivity contribution is 5.74. The van der Waals surface area contributed by atoms with E-state index in [2.05, 4.69) is 31.2 Å². The van der Waals surface area contributed by atoms with Gasteiger partial charge in [0, 0.05) is 6.42 Å². The molecule has 0 aromatic heterocycles.